The molecule has 2 nitrogen and oxygen atoms in total. The van der Waals surface area contributed by atoms with E-state index in [1.807, 2.05) is 24.3 Å². The molecule has 0 aromatic heterocycles. The first-order valence-corrected chi connectivity index (χ1v) is 7.41. The van der Waals surface area contributed by atoms with Crippen LogP contribution in [-0.2, 0) is 0 Å². The Morgan fingerprint density at radius 2 is 1.43 bits per heavy atom. The molecule has 21 heavy (non-hydrogen) atoms. The first kappa shape index (κ1) is 13.7. The second kappa shape index (κ2) is 5.65. The Balaban J connectivity index is 1.93. The maximum absolute atomic E-state index is 9.42. The van der Waals surface area contributed by atoms with Crippen LogP contribution < -0.4 is 0 Å². The summed E-state index contributed by atoms with van der Waals surface area (Å²) in [5.41, 5.74) is 3.77. The molecule has 2 aromatic carbocycles. The third-order valence-corrected chi connectivity index (χ3v) is 4.19. The summed E-state index contributed by atoms with van der Waals surface area (Å²) in [5.74, 6) is 1.62. The van der Waals surface area contributed by atoms with E-state index in [0.717, 1.165) is 12.8 Å². The largest absolute Gasteiger partial charge is 0.508 e. The van der Waals surface area contributed by atoms with Gasteiger partial charge in [0, 0.05) is 5.92 Å². The van der Waals surface area contributed by atoms with Crippen molar-refractivity contribution in [2.24, 2.45) is 5.92 Å². The van der Waals surface area contributed by atoms with Gasteiger partial charge in [0.25, 0.3) is 0 Å². The minimum Gasteiger partial charge on any atom is -0.508 e. The normalized spacial score (nSPS) is 21.9. The lowest BCUT2D eigenvalue weighted by Gasteiger charge is -2.27. The van der Waals surface area contributed by atoms with Gasteiger partial charge in [0.1, 0.15) is 11.5 Å². The van der Waals surface area contributed by atoms with Gasteiger partial charge in [0.15, 0.2) is 0 Å². The van der Waals surface area contributed by atoms with Gasteiger partial charge >= 0.3 is 0 Å². The molecular formula is C19H20O2. The fraction of sp³-hybridized carbons (Fsp3) is 0.263. The average Bonchev–Trinajstić information content (AvgIpc) is 2.48. The maximum Gasteiger partial charge on any atom is 0.115 e. The van der Waals surface area contributed by atoms with Crippen LogP contribution in [0.15, 0.2) is 54.6 Å². The van der Waals surface area contributed by atoms with E-state index in [2.05, 4.69) is 13.0 Å². The number of aromatic hydroxyl groups is 2. The van der Waals surface area contributed by atoms with Crippen LogP contribution in [0.3, 0.4) is 0 Å². The van der Waals surface area contributed by atoms with Crippen LogP contribution >= 0.6 is 0 Å². The van der Waals surface area contributed by atoms with E-state index < -0.39 is 0 Å². The number of benzene rings is 2. The van der Waals surface area contributed by atoms with Gasteiger partial charge < -0.3 is 10.2 Å². The fourth-order valence-electron chi connectivity index (χ4n) is 3.11. The number of rotatable bonds is 2. The molecule has 1 aliphatic carbocycles. The van der Waals surface area contributed by atoms with Crippen molar-refractivity contribution in [3.63, 3.8) is 0 Å². The van der Waals surface area contributed by atoms with Crippen molar-refractivity contribution in [3.8, 4) is 11.5 Å². The predicted molar refractivity (Wildman–Crippen MR) is 85.3 cm³/mol. The van der Waals surface area contributed by atoms with Gasteiger partial charge in [-0.15, -0.1) is 0 Å². The number of hydrogen-bond acceptors (Lipinski definition) is 2. The summed E-state index contributed by atoms with van der Waals surface area (Å²) in [6.07, 6.45) is 4.53. The highest BCUT2D eigenvalue weighted by Gasteiger charge is 2.21. The molecule has 0 saturated carbocycles. The lowest BCUT2D eigenvalue weighted by atomic mass is 9.78. The number of phenols is 2. The summed E-state index contributed by atoms with van der Waals surface area (Å²) in [6, 6.07) is 15.0. The third-order valence-electron chi connectivity index (χ3n) is 4.19. The fourth-order valence-corrected chi connectivity index (χ4v) is 3.11. The molecule has 0 amide bonds. The highest BCUT2D eigenvalue weighted by molar-refractivity contribution is 5.68. The van der Waals surface area contributed by atoms with Gasteiger partial charge in [0.05, 0.1) is 0 Å². The molecule has 2 unspecified atom stereocenters. The summed E-state index contributed by atoms with van der Waals surface area (Å²) < 4.78 is 0. The second-order valence-corrected chi connectivity index (χ2v) is 5.98. The molecule has 0 radical (unpaired) electrons. The first-order chi connectivity index (χ1) is 10.1. The van der Waals surface area contributed by atoms with Gasteiger partial charge in [-0.2, -0.15) is 0 Å². The van der Waals surface area contributed by atoms with Crippen molar-refractivity contribution in [2.75, 3.05) is 0 Å². The number of hydrogen-bond donors (Lipinski definition) is 2. The zero-order chi connectivity index (χ0) is 14.8. The van der Waals surface area contributed by atoms with Gasteiger partial charge in [0.2, 0.25) is 0 Å². The van der Waals surface area contributed by atoms with Crippen molar-refractivity contribution in [3.05, 3.63) is 65.7 Å². The van der Waals surface area contributed by atoms with Gasteiger partial charge in [-0.05, 0) is 59.7 Å². The van der Waals surface area contributed by atoms with Crippen LogP contribution in [0.4, 0.5) is 0 Å². The van der Waals surface area contributed by atoms with Crippen molar-refractivity contribution in [1.29, 1.82) is 0 Å². The molecular weight excluding hydrogens is 260 g/mol. The molecule has 0 bridgehead atoms. The first-order valence-electron chi connectivity index (χ1n) is 7.41. The van der Waals surface area contributed by atoms with Crippen LogP contribution in [0.2, 0.25) is 0 Å². The highest BCUT2D eigenvalue weighted by atomic mass is 16.3. The summed E-state index contributed by atoms with van der Waals surface area (Å²) in [5, 5.41) is 18.8. The molecule has 0 saturated heterocycles. The Morgan fingerprint density at radius 1 is 0.857 bits per heavy atom. The standard InChI is InChI=1S/C19H20O2/c1-13-10-16(14-2-6-18(20)7-3-14)12-17(11-13)15-4-8-19(21)9-5-15/h2-9,12-13,16,20-21H,10-11H2,1H3. The van der Waals surface area contributed by atoms with Crippen LogP contribution in [0.5, 0.6) is 11.5 Å². The predicted octanol–water partition coefficient (Wildman–Crippen LogP) is 4.69. The topological polar surface area (TPSA) is 40.5 Å². The Morgan fingerprint density at radius 3 is 2.05 bits per heavy atom. The monoisotopic (exact) mass is 280 g/mol. The van der Waals surface area contributed by atoms with Crippen LogP contribution in [0.1, 0.15) is 36.8 Å². The van der Waals surface area contributed by atoms with E-state index in [9.17, 15) is 10.2 Å². The van der Waals surface area contributed by atoms with Crippen LogP contribution in [0.25, 0.3) is 5.57 Å². The molecule has 108 valence electrons. The Hall–Kier alpha value is -2.22. The third kappa shape index (κ3) is 3.10. The smallest absolute Gasteiger partial charge is 0.115 e. The summed E-state index contributed by atoms with van der Waals surface area (Å²) >= 11 is 0. The minimum absolute atomic E-state index is 0.304. The van der Waals surface area contributed by atoms with E-state index in [1.165, 1.54) is 16.7 Å². The van der Waals surface area contributed by atoms with Crippen molar-refractivity contribution >= 4 is 5.57 Å². The van der Waals surface area contributed by atoms with E-state index in [4.69, 9.17) is 0 Å². The molecule has 2 aromatic rings. The Kier molecular flexibility index (Phi) is 3.70. The molecule has 0 heterocycles. The Labute approximate surface area is 125 Å². The van der Waals surface area contributed by atoms with E-state index >= 15 is 0 Å². The van der Waals surface area contributed by atoms with E-state index in [1.54, 1.807) is 24.3 Å². The number of allylic oxidation sites excluding steroid dienone is 2. The minimum atomic E-state index is 0.304. The Bertz CT molecular complexity index is 638. The molecule has 0 aliphatic heterocycles. The van der Waals surface area contributed by atoms with Crippen molar-refractivity contribution < 1.29 is 10.2 Å². The molecule has 2 N–H and O–H groups in total. The van der Waals surface area contributed by atoms with Crippen molar-refractivity contribution in [1.82, 2.24) is 0 Å². The summed E-state index contributed by atoms with van der Waals surface area (Å²) in [7, 11) is 0. The molecule has 2 atom stereocenters. The SMILES string of the molecule is CC1CC(c2ccc(O)cc2)=CC(c2ccc(O)cc2)C1. The average molecular weight is 280 g/mol. The molecule has 3 rings (SSSR count). The molecule has 2 heteroatoms. The van der Waals surface area contributed by atoms with Crippen molar-refractivity contribution in [2.45, 2.75) is 25.7 Å². The summed E-state index contributed by atoms with van der Waals surface area (Å²) in [6.45, 7) is 2.28. The number of phenolic OH excluding ortho intramolecular Hbond substituents is 2. The zero-order valence-electron chi connectivity index (χ0n) is 12.2. The van der Waals surface area contributed by atoms with Gasteiger partial charge in [-0.25, -0.2) is 0 Å². The van der Waals surface area contributed by atoms with Crippen LogP contribution in [0, 0.1) is 5.92 Å². The van der Waals surface area contributed by atoms with E-state index in [-0.39, 0.29) is 0 Å². The maximum atomic E-state index is 9.42. The lowest BCUT2D eigenvalue weighted by Crippen LogP contribution is -2.10. The van der Waals surface area contributed by atoms with Gasteiger partial charge in [-0.1, -0.05) is 37.3 Å². The quantitative estimate of drug-likeness (QED) is 0.837. The zero-order valence-corrected chi connectivity index (χ0v) is 12.2. The lowest BCUT2D eigenvalue weighted by molar-refractivity contribution is 0.473. The van der Waals surface area contributed by atoms with Crippen LogP contribution in [-0.4, -0.2) is 10.2 Å². The molecule has 0 fully saturated rings. The van der Waals surface area contributed by atoms with E-state index in [0.29, 0.717) is 23.3 Å². The highest BCUT2D eigenvalue weighted by Crippen LogP contribution is 2.39. The van der Waals surface area contributed by atoms with Gasteiger partial charge in [-0.3, -0.25) is 0 Å². The molecule has 1 aliphatic rings. The second-order valence-electron chi connectivity index (χ2n) is 5.98. The summed E-state index contributed by atoms with van der Waals surface area (Å²) in [4.78, 5) is 0. The molecule has 0 spiro atoms.